The highest BCUT2D eigenvalue weighted by atomic mass is 35.5. The fourth-order valence-corrected chi connectivity index (χ4v) is 4.37. The first-order valence-electron chi connectivity index (χ1n) is 10.1. The molecular formula is C23H31ClN2O. The number of halogens is 1. The summed E-state index contributed by atoms with van der Waals surface area (Å²) in [5.41, 5.74) is 4.86. The minimum Gasteiger partial charge on any atom is -0.507 e. The van der Waals surface area contributed by atoms with Crippen LogP contribution in [0, 0.1) is 0 Å². The molecule has 4 rings (SSSR count). The SMILES string of the molecule is Cl.Oc1c(CN2CCCC2)cc(Cc2ccccc2)cc1CN1CCCC1. The molecule has 2 aromatic carbocycles. The molecule has 1 N–H and O–H groups in total. The zero-order chi connectivity index (χ0) is 17.8. The van der Waals surface area contributed by atoms with E-state index in [1.807, 2.05) is 0 Å². The van der Waals surface area contributed by atoms with Crippen LogP contribution in [0.1, 0.15) is 47.9 Å². The van der Waals surface area contributed by atoms with Crippen LogP contribution in [0.2, 0.25) is 0 Å². The van der Waals surface area contributed by atoms with Crippen molar-refractivity contribution in [1.82, 2.24) is 9.80 Å². The van der Waals surface area contributed by atoms with E-state index in [-0.39, 0.29) is 12.4 Å². The third kappa shape index (κ3) is 5.25. The first kappa shape index (κ1) is 20.2. The van der Waals surface area contributed by atoms with Gasteiger partial charge in [0, 0.05) is 24.2 Å². The maximum atomic E-state index is 10.9. The van der Waals surface area contributed by atoms with Gasteiger partial charge in [0.2, 0.25) is 0 Å². The fourth-order valence-electron chi connectivity index (χ4n) is 4.37. The predicted octanol–water partition coefficient (Wildman–Crippen LogP) is 4.60. The van der Waals surface area contributed by atoms with Crippen LogP contribution in [0.3, 0.4) is 0 Å². The number of hydrogen-bond acceptors (Lipinski definition) is 3. The molecule has 0 spiro atoms. The summed E-state index contributed by atoms with van der Waals surface area (Å²) in [6.45, 7) is 6.38. The second kappa shape index (κ2) is 9.59. The molecule has 146 valence electrons. The highest BCUT2D eigenvalue weighted by Crippen LogP contribution is 2.30. The number of aromatic hydroxyl groups is 1. The number of phenols is 1. The predicted molar refractivity (Wildman–Crippen MR) is 114 cm³/mol. The van der Waals surface area contributed by atoms with Crippen LogP contribution < -0.4 is 0 Å². The van der Waals surface area contributed by atoms with Gasteiger partial charge in [-0.15, -0.1) is 12.4 Å². The molecule has 2 heterocycles. The van der Waals surface area contributed by atoms with Gasteiger partial charge < -0.3 is 5.11 Å². The van der Waals surface area contributed by atoms with E-state index in [1.54, 1.807) is 0 Å². The monoisotopic (exact) mass is 386 g/mol. The summed E-state index contributed by atoms with van der Waals surface area (Å²) < 4.78 is 0. The van der Waals surface area contributed by atoms with Gasteiger partial charge in [-0.25, -0.2) is 0 Å². The maximum absolute atomic E-state index is 10.9. The Hall–Kier alpha value is -1.55. The lowest BCUT2D eigenvalue weighted by molar-refractivity contribution is 0.312. The Morgan fingerprint density at radius 3 is 1.67 bits per heavy atom. The van der Waals surface area contributed by atoms with Crippen LogP contribution in [0.15, 0.2) is 42.5 Å². The molecule has 2 aliphatic rings. The molecule has 3 nitrogen and oxygen atoms in total. The average Bonchev–Trinajstić information content (AvgIpc) is 3.34. The van der Waals surface area contributed by atoms with Crippen LogP contribution in [-0.4, -0.2) is 41.1 Å². The normalized spacial score (nSPS) is 17.9. The van der Waals surface area contributed by atoms with E-state index in [0.717, 1.165) is 56.8 Å². The molecule has 0 unspecified atom stereocenters. The molecule has 27 heavy (non-hydrogen) atoms. The van der Waals surface area contributed by atoms with Crippen molar-refractivity contribution in [3.05, 3.63) is 64.7 Å². The first-order valence-corrected chi connectivity index (χ1v) is 10.1. The molecule has 2 fully saturated rings. The van der Waals surface area contributed by atoms with Crippen molar-refractivity contribution in [2.24, 2.45) is 0 Å². The van der Waals surface area contributed by atoms with E-state index in [0.29, 0.717) is 5.75 Å². The quantitative estimate of drug-likeness (QED) is 0.786. The molecule has 4 heteroatoms. The Bertz CT molecular complexity index is 683. The molecule has 0 atom stereocenters. The van der Waals surface area contributed by atoms with E-state index in [4.69, 9.17) is 0 Å². The lowest BCUT2D eigenvalue weighted by Crippen LogP contribution is -2.21. The lowest BCUT2D eigenvalue weighted by atomic mass is 9.98. The standard InChI is InChI=1S/C23H30N2O.ClH/c26-23-21(17-24-10-4-5-11-24)15-20(14-19-8-2-1-3-9-19)16-22(23)18-25-12-6-7-13-25;/h1-3,8-9,15-16,26H,4-7,10-14,17-18H2;1H. The number of hydrogen-bond donors (Lipinski definition) is 1. The molecule has 0 aliphatic carbocycles. The molecule has 2 aromatic rings. The second-order valence-corrected chi connectivity index (χ2v) is 7.89. The van der Waals surface area contributed by atoms with Gasteiger partial charge in [-0.05, 0) is 69.4 Å². The van der Waals surface area contributed by atoms with E-state index in [2.05, 4.69) is 52.3 Å². The Morgan fingerprint density at radius 2 is 1.19 bits per heavy atom. The average molecular weight is 387 g/mol. The molecular weight excluding hydrogens is 356 g/mol. The minimum absolute atomic E-state index is 0. The molecule has 0 radical (unpaired) electrons. The van der Waals surface area contributed by atoms with Crippen molar-refractivity contribution >= 4 is 12.4 Å². The van der Waals surface area contributed by atoms with Crippen molar-refractivity contribution in [3.63, 3.8) is 0 Å². The van der Waals surface area contributed by atoms with E-state index in [1.165, 1.54) is 36.8 Å². The van der Waals surface area contributed by atoms with Gasteiger partial charge >= 0.3 is 0 Å². The molecule has 0 amide bonds. The summed E-state index contributed by atoms with van der Waals surface area (Å²) in [6.07, 6.45) is 6.06. The Balaban J connectivity index is 0.00000210. The van der Waals surface area contributed by atoms with Crippen LogP contribution in [0.4, 0.5) is 0 Å². The number of likely N-dealkylation sites (tertiary alicyclic amines) is 2. The van der Waals surface area contributed by atoms with Crippen molar-refractivity contribution in [2.75, 3.05) is 26.2 Å². The van der Waals surface area contributed by atoms with Gasteiger partial charge in [0.05, 0.1) is 0 Å². The smallest absolute Gasteiger partial charge is 0.124 e. The van der Waals surface area contributed by atoms with Gasteiger partial charge in [0.25, 0.3) is 0 Å². The number of phenolic OH excluding ortho intramolecular Hbond substituents is 1. The molecule has 0 bridgehead atoms. The van der Waals surface area contributed by atoms with Gasteiger partial charge in [-0.2, -0.15) is 0 Å². The summed E-state index contributed by atoms with van der Waals surface area (Å²) >= 11 is 0. The zero-order valence-corrected chi connectivity index (χ0v) is 16.9. The summed E-state index contributed by atoms with van der Waals surface area (Å²) in [6, 6.07) is 15.1. The highest BCUT2D eigenvalue weighted by molar-refractivity contribution is 5.85. The number of rotatable bonds is 6. The summed E-state index contributed by atoms with van der Waals surface area (Å²) in [7, 11) is 0. The summed E-state index contributed by atoms with van der Waals surface area (Å²) in [4.78, 5) is 4.95. The first-order chi connectivity index (χ1) is 12.8. The maximum Gasteiger partial charge on any atom is 0.124 e. The van der Waals surface area contributed by atoms with Crippen molar-refractivity contribution in [2.45, 2.75) is 45.2 Å². The van der Waals surface area contributed by atoms with Crippen molar-refractivity contribution in [3.8, 4) is 5.75 Å². The zero-order valence-electron chi connectivity index (χ0n) is 16.1. The lowest BCUT2D eigenvalue weighted by Gasteiger charge is -2.21. The fraction of sp³-hybridized carbons (Fsp3) is 0.478. The minimum atomic E-state index is 0. The Labute approximate surface area is 169 Å². The van der Waals surface area contributed by atoms with Gasteiger partial charge in [-0.3, -0.25) is 9.80 Å². The summed E-state index contributed by atoms with van der Waals surface area (Å²) in [5, 5.41) is 10.9. The van der Waals surface area contributed by atoms with Gasteiger partial charge in [-0.1, -0.05) is 42.5 Å². The van der Waals surface area contributed by atoms with Gasteiger partial charge in [0.1, 0.15) is 5.75 Å². The Morgan fingerprint density at radius 1 is 0.704 bits per heavy atom. The molecule has 0 aromatic heterocycles. The van der Waals surface area contributed by atoms with E-state index < -0.39 is 0 Å². The summed E-state index contributed by atoms with van der Waals surface area (Å²) in [5.74, 6) is 0.528. The second-order valence-electron chi connectivity index (χ2n) is 7.89. The Kier molecular flexibility index (Phi) is 7.17. The van der Waals surface area contributed by atoms with Crippen molar-refractivity contribution in [1.29, 1.82) is 0 Å². The van der Waals surface area contributed by atoms with Gasteiger partial charge in [0.15, 0.2) is 0 Å². The van der Waals surface area contributed by atoms with Crippen LogP contribution in [-0.2, 0) is 19.5 Å². The highest BCUT2D eigenvalue weighted by Gasteiger charge is 2.19. The molecule has 2 saturated heterocycles. The third-order valence-electron chi connectivity index (χ3n) is 5.76. The van der Waals surface area contributed by atoms with E-state index in [9.17, 15) is 5.11 Å². The molecule has 0 saturated carbocycles. The topological polar surface area (TPSA) is 26.7 Å². The number of benzene rings is 2. The number of nitrogens with zero attached hydrogens (tertiary/aromatic N) is 2. The van der Waals surface area contributed by atoms with Crippen LogP contribution >= 0.6 is 12.4 Å². The largest absolute Gasteiger partial charge is 0.507 e. The third-order valence-corrected chi connectivity index (χ3v) is 5.76. The van der Waals surface area contributed by atoms with Crippen molar-refractivity contribution < 1.29 is 5.11 Å². The molecule has 2 aliphatic heterocycles. The van der Waals surface area contributed by atoms with E-state index >= 15 is 0 Å². The van der Waals surface area contributed by atoms with Crippen LogP contribution in [0.5, 0.6) is 5.75 Å². The van der Waals surface area contributed by atoms with Crippen LogP contribution in [0.25, 0.3) is 0 Å².